The van der Waals surface area contributed by atoms with Crippen molar-refractivity contribution in [2.24, 2.45) is 0 Å². The van der Waals surface area contributed by atoms with Crippen molar-refractivity contribution < 1.29 is 23.5 Å². The van der Waals surface area contributed by atoms with Gasteiger partial charge in [0.25, 0.3) is 5.91 Å². The fourth-order valence-electron chi connectivity index (χ4n) is 4.11. The number of fused-ring (bicyclic) bond motifs is 2. The molecule has 5 rings (SSSR count). The number of para-hydroxylation sites is 4. The highest BCUT2D eigenvalue weighted by Crippen LogP contribution is 2.31. The summed E-state index contributed by atoms with van der Waals surface area (Å²) in [6, 6.07) is 14.4. The summed E-state index contributed by atoms with van der Waals surface area (Å²) < 4.78 is 18.1. The van der Waals surface area contributed by atoms with Crippen LogP contribution in [0, 0.1) is 0 Å². The molecule has 1 atom stereocenters. The number of hydrogen-bond acceptors (Lipinski definition) is 6. The van der Waals surface area contributed by atoms with Crippen molar-refractivity contribution in [3.63, 3.8) is 0 Å². The second-order valence-electron chi connectivity index (χ2n) is 7.81. The van der Waals surface area contributed by atoms with Crippen molar-refractivity contribution in [1.29, 1.82) is 0 Å². The lowest BCUT2D eigenvalue weighted by atomic mass is 10.2. The first-order valence-corrected chi connectivity index (χ1v) is 10.6. The smallest absolute Gasteiger partial charge is 0.419 e. The maximum Gasteiger partial charge on any atom is 0.419 e. The van der Waals surface area contributed by atoms with Gasteiger partial charge in [0.05, 0.1) is 5.52 Å². The molecule has 0 aliphatic carbocycles. The normalized spacial score (nSPS) is 18.1. The van der Waals surface area contributed by atoms with E-state index in [2.05, 4.69) is 0 Å². The molecule has 9 nitrogen and oxygen atoms in total. The highest BCUT2D eigenvalue weighted by molar-refractivity contribution is 5.83. The van der Waals surface area contributed by atoms with Gasteiger partial charge < -0.3 is 23.7 Å². The van der Waals surface area contributed by atoms with Crippen LogP contribution in [0.25, 0.3) is 11.1 Å². The quantitative estimate of drug-likeness (QED) is 0.614. The monoisotopic (exact) mass is 437 g/mol. The molecule has 0 saturated carbocycles. The number of benzene rings is 2. The first kappa shape index (κ1) is 20.2. The Kier molecular flexibility index (Phi) is 5.30. The molecule has 0 N–H and O–H groups in total. The van der Waals surface area contributed by atoms with Gasteiger partial charge in [-0.2, -0.15) is 0 Å². The van der Waals surface area contributed by atoms with E-state index in [1.54, 1.807) is 40.1 Å². The second-order valence-corrected chi connectivity index (χ2v) is 7.81. The van der Waals surface area contributed by atoms with Crippen LogP contribution >= 0.6 is 0 Å². The summed E-state index contributed by atoms with van der Waals surface area (Å²) in [5.74, 6) is 0.540. The van der Waals surface area contributed by atoms with Crippen LogP contribution in [0.1, 0.15) is 6.42 Å². The summed E-state index contributed by atoms with van der Waals surface area (Å²) in [5.41, 5.74) is 1.19. The molecular formula is C23H23N3O6. The fraction of sp³-hybridized carbons (Fsp3) is 0.348. The Bertz CT molecular complexity index is 1210. The van der Waals surface area contributed by atoms with E-state index >= 15 is 0 Å². The largest absolute Gasteiger partial charge is 0.485 e. The van der Waals surface area contributed by atoms with E-state index in [9.17, 15) is 14.4 Å². The van der Waals surface area contributed by atoms with Crippen molar-refractivity contribution in [2.75, 3.05) is 32.8 Å². The average molecular weight is 437 g/mol. The van der Waals surface area contributed by atoms with Gasteiger partial charge in [0.1, 0.15) is 6.61 Å². The number of oxazole rings is 1. The molecule has 2 aromatic carbocycles. The molecular weight excluding hydrogens is 414 g/mol. The Morgan fingerprint density at radius 3 is 2.41 bits per heavy atom. The van der Waals surface area contributed by atoms with E-state index in [0.29, 0.717) is 48.8 Å². The van der Waals surface area contributed by atoms with Crippen molar-refractivity contribution in [3.05, 3.63) is 59.1 Å². The predicted molar refractivity (Wildman–Crippen MR) is 115 cm³/mol. The Labute approximate surface area is 183 Å². The summed E-state index contributed by atoms with van der Waals surface area (Å²) in [6.07, 6.45) is -0.498. The van der Waals surface area contributed by atoms with Crippen LogP contribution in [-0.4, -0.2) is 65.1 Å². The molecule has 9 heteroatoms. The van der Waals surface area contributed by atoms with E-state index < -0.39 is 11.9 Å². The number of nitrogens with zero attached hydrogens (tertiary/aromatic N) is 3. The van der Waals surface area contributed by atoms with Gasteiger partial charge in [0.2, 0.25) is 12.0 Å². The maximum absolute atomic E-state index is 12.9. The summed E-state index contributed by atoms with van der Waals surface area (Å²) in [7, 11) is 0. The molecule has 2 amide bonds. The second kappa shape index (κ2) is 8.41. The van der Waals surface area contributed by atoms with Crippen molar-refractivity contribution >= 4 is 22.9 Å². The zero-order valence-corrected chi connectivity index (χ0v) is 17.4. The zero-order valence-electron chi connectivity index (χ0n) is 17.4. The van der Waals surface area contributed by atoms with Crippen molar-refractivity contribution in [1.82, 2.24) is 14.4 Å². The number of amides is 2. The van der Waals surface area contributed by atoms with E-state index in [1.165, 1.54) is 4.57 Å². The van der Waals surface area contributed by atoms with Gasteiger partial charge in [0, 0.05) is 39.1 Å². The minimum Gasteiger partial charge on any atom is -0.485 e. The Morgan fingerprint density at radius 1 is 0.906 bits per heavy atom. The van der Waals surface area contributed by atoms with Crippen molar-refractivity contribution in [3.8, 4) is 11.5 Å². The van der Waals surface area contributed by atoms with Crippen molar-refractivity contribution in [2.45, 2.75) is 19.1 Å². The molecule has 3 heterocycles. The highest BCUT2D eigenvalue weighted by Gasteiger charge is 2.33. The molecule has 0 unspecified atom stereocenters. The lowest BCUT2D eigenvalue weighted by Crippen LogP contribution is -2.55. The van der Waals surface area contributed by atoms with Gasteiger partial charge in [-0.25, -0.2) is 4.79 Å². The lowest BCUT2D eigenvalue weighted by Gasteiger charge is -2.37. The predicted octanol–water partition coefficient (Wildman–Crippen LogP) is 1.50. The number of aryl methyl sites for hydroxylation is 1. The summed E-state index contributed by atoms with van der Waals surface area (Å²) in [4.78, 5) is 41.1. The van der Waals surface area contributed by atoms with E-state index in [1.807, 2.05) is 18.2 Å². The summed E-state index contributed by atoms with van der Waals surface area (Å²) in [6.45, 7) is 2.16. The number of ether oxygens (including phenoxy) is 2. The minimum absolute atomic E-state index is 0.0551. The highest BCUT2D eigenvalue weighted by atomic mass is 16.6. The molecule has 3 aromatic rings. The molecule has 2 aliphatic heterocycles. The van der Waals surface area contributed by atoms with Crippen LogP contribution in [0.3, 0.4) is 0 Å². The topological polar surface area (TPSA) is 94.2 Å². The van der Waals surface area contributed by atoms with Crippen LogP contribution in [-0.2, 0) is 16.1 Å². The zero-order chi connectivity index (χ0) is 22.1. The van der Waals surface area contributed by atoms with Gasteiger partial charge in [-0.15, -0.1) is 0 Å². The number of carbonyl (C=O) groups excluding carboxylic acids is 2. The van der Waals surface area contributed by atoms with E-state index in [0.717, 1.165) is 0 Å². The van der Waals surface area contributed by atoms with Gasteiger partial charge in [0.15, 0.2) is 17.1 Å². The number of hydrogen-bond donors (Lipinski definition) is 0. The summed E-state index contributed by atoms with van der Waals surface area (Å²) >= 11 is 0. The maximum atomic E-state index is 12.9. The molecule has 1 saturated heterocycles. The molecule has 2 aliphatic rings. The van der Waals surface area contributed by atoms with Gasteiger partial charge in [-0.3, -0.25) is 14.2 Å². The number of rotatable bonds is 4. The van der Waals surface area contributed by atoms with Crippen LogP contribution in [0.4, 0.5) is 0 Å². The fourth-order valence-corrected chi connectivity index (χ4v) is 4.11. The third kappa shape index (κ3) is 3.81. The van der Waals surface area contributed by atoms with Gasteiger partial charge >= 0.3 is 5.76 Å². The lowest BCUT2D eigenvalue weighted by molar-refractivity contribution is -0.146. The average Bonchev–Trinajstić information content (AvgIpc) is 3.16. The molecule has 1 aromatic heterocycles. The molecule has 0 spiro atoms. The first-order valence-electron chi connectivity index (χ1n) is 10.6. The number of carbonyl (C=O) groups is 2. The molecule has 0 radical (unpaired) electrons. The van der Waals surface area contributed by atoms with Gasteiger partial charge in [-0.05, 0) is 24.3 Å². The van der Waals surface area contributed by atoms with Crippen LogP contribution < -0.4 is 15.2 Å². The van der Waals surface area contributed by atoms with Crippen LogP contribution in [0.5, 0.6) is 11.5 Å². The molecule has 1 fully saturated rings. The minimum atomic E-state index is -0.687. The third-order valence-corrected chi connectivity index (χ3v) is 5.85. The van der Waals surface area contributed by atoms with E-state index in [-0.39, 0.29) is 31.4 Å². The first-order chi connectivity index (χ1) is 15.6. The standard InChI is InChI=1S/C23H23N3O6/c27-21(9-10-26-16-5-1-2-6-17(16)32-23(26)29)24-11-13-25(14-12-24)22(28)20-15-30-18-7-3-4-8-19(18)31-20/h1-8,20H,9-15H2/t20-/m0/s1. The number of piperazine rings is 1. The Morgan fingerprint density at radius 2 is 1.59 bits per heavy atom. The van der Waals surface area contributed by atoms with Crippen LogP contribution in [0.15, 0.2) is 57.7 Å². The molecule has 32 heavy (non-hydrogen) atoms. The molecule has 0 bridgehead atoms. The SMILES string of the molecule is O=C(CCn1c(=O)oc2ccccc21)N1CCN(C(=O)[C@@H]2COc3ccccc3O2)CC1. The Hall–Kier alpha value is -3.75. The Balaban J connectivity index is 1.14. The van der Waals surface area contributed by atoms with E-state index in [4.69, 9.17) is 13.9 Å². The third-order valence-electron chi connectivity index (χ3n) is 5.85. The molecule has 166 valence electrons. The van der Waals surface area contributed by atoms with Crippen LogP contribution in [0.2, 0.25) is 0 Å². The number of aromatic nitrogens is 1. The summed E-state index contributed by atoms with van der Waals surface area (Å²) in [5, 5.41) is 0. The van der Waals surface area contributed by atoms with Gasteiger partial charge in [-0.1, -0.05) is 24.3 Å².